The number of carbonyl (C=O) groups excluding carboxylic acids is 1. The van der Waals surface area contributed by atoms with Crippen molar-refractivity contribution in [3.05, 3.63) is 83.7 Å². The van der Waals surface area contributed by atoms with E-state index < -0.39 is 5.41 Å². The van der Waals surface area contributed by atoms with Crippen molar-refractivity contribution in [2.75, 3.05) is 0 Å². The summed E-state index contributed by atoms with van der Waals surface area (Å²) in [5.41, 5.74) is 3.24. The molecule has 1 aromatic carbocycles. The van der Waals surface area contributed by atoms with Crippen LogP contribution in [-0.4, -0.2) is 25.7 Å². The van der Waals surface area contributed by atoms with Gasteiger partial charge in [0.25, 0.3) is 0 Å². The Morgan fingerprint density at radius 1 is 1.13 bits per heavy atom. The summed E-state index contributed by atoms with van der Waals surface area (Å²) in [4.78, 5) is 30.6. The van der Waals surface area contributed by atoms with Crippen molar-refractivity contribution < 1.29 is 4.79 Å². The van der Waals surface area contributed by atoms with E-state index in [4.69, 9.17) is 4.98 Å². The second-order valence-corrected chi connectivity index (χ2v) is 7.90. The number of rotatable bonds is 2. The number of aryl methyl sites for hydroxylation is 1. The minimum absolute atomic E-state index is 0.0202. The average molecular weight is 393 g/mol. The molecule has 0 saturated heterocycles. The van der Waals surface area contributed by atoms with Crippen LogP contribution in [0.4, 0.5) is 0 Å². The van der Waals surface area contributed by atoms with Gasteiger partial charge in [0, 0.05) is 24.5 Å². The van der Waals surface area contributed by atoms with E-state index >= 15 is 0 Å². The number of hydrogen-bond acceptors (Lipinski definition) is 6. The van der Waals surface area contributed by atoms with Gasteiger partial charge in [0.05, 0.1) is 22.2 Å². The molecule has 0 unspecified atom stereocenters. The van der Waals surface area contributed by atoms with Crippen molar-refractivity contribution >= 4 is 5.78 Å². The third-order valence-electron chi connectivity index (χ3n) is 6.41. The molecule has 2 heterocycles. The van der Waals surface area contributed by atoms with Gasteiger partial charge >= 0.3 is 0 Å². The molecule has 0 N–H and O–H groups in total. The largest absolute Gasteiger partial charge is 0.293 e. The Morgan fingerprint density at radius 3 is 2.63 bits per heavy atom. The third-order valence-corrected chi connectivity index (χ3v) is 6.41. The van der Waals surface area contributed by atoms with Crippen LogP contribution < -0.4 is 0 Å². The van der Waals surface area contributed by atoms with Gasteiger partial charge in [0.15, 0.2) is 11.6 Å². The fourth-order valence-corrected chi connectivity index (χ4v) is 5.00. The molecule has 0 aliphatic heterocycles. The molecule has 0 fully saturated rings. The molecule has 0 amide bonds. The number of Topliss-reactive ketones (excluding diaryl/α,β-unsaturated/α-hetero) is 1. The van der Waals surface area contributed by atoms with Gasteiger partial charge in [-0.3, -0.25) is 4.79 Å². The average Bonchev–Trinajstić information content (AvgIpc) is 2.82. The SMILES string of the molecule is C[C@@H]1C(=O)C(C#N)=C[C@]2(c3ccccc3)c3nc(-c4cncnc4)ncc3CC[C@@H]12. The topological polar surface area (TPSA) is 92.4 Å². The summed E-state index contributed by atoms with van der Waals surface area (Å²) in [6, 6.07) is 12.2. The first-order chi connectivity index (χ1) is 14.6. The van der Waals surface area contributed by atoms with Gasteiger partial charge < -0.3 is 0 Å². The molecule has 0 radical (unpaired) electrons. The molecule has 0 bridgehead atoms. The maximum absolute atomic E-state index is 12.8. The minimum Gasteiger partial charge on any atom is -0.293 e. The monoisotopic (exact) mass is 393 g/mol. The third kappa shape index (κ3) is 2.59. The number of nitriles is 1. The van der Waals surface area contributed by atoms with E-state index in [1.165, 1.54) is 6.33 Å². The lowest BCUT2D eigenvalue weighted by molar-refractivity contribution is -0.121. The molecule has 6 nitrogen and oxygen atoms in total. The minimum atomic E-state index is -0.652. The van der Waals surface area contributed by atoms with Crippen LogP contribution in [0.1, 0.15) is 30.2 Å². The van der Waals surface area contributed by atoms with Gasteiger partial charge in [-0.05, 0) is 36.0 Å². The van der Waals surface area contributed by atoms with Crippen LogP contribution in [0, 0.1) is 23.2 Å². The number of carbonyl (C=O) groups is 1. The highest BCUT2D eigenvalue weighted by Gasteiger charge is 2.52. The molecule has 3 aromatic rings. The first-order valence-corrected chi connectivity index (χ1v) is 9.99. The molecule has 6 heteroatoms. The second kappa shape index (κ2) is 6.96. The van der Waals surface area contributed by atoms with Crippen LogP contribution in [0.15, 0.2) is 66.9 Å². The van der Waals surface area contributed by atoms with E-state index in [9.17, 15) is 10.1 Å². The quantitative estimate of drug-likeness (QED) is 0.662. The summed E-state index contributed by atoms with van der Waals surface area (Å²) in [5, 5.41) is 9.72. The Kier molecular flexibility index (Phi) is 4.25. The molecule has 146 valence electrons. The number of hydrogen-bond donors (Lipinski definition) is 0. The second-order valence-electron chi connectivity index (χ2n) is 7.90. The first kappa shape index (κ1) is 18.3. The summed E-state index contributed by atoms with van der Waals surface area (Å²) in [6.07, 6.45) is 10.2. The maximum atomic E-state index is 12.8. The predicted octanol–water partition coefficient (Wildman–Crippen LogP) is 3.45. The molecule has 0 saturated carbocycles. The zero-order valence-corrected chi connectivity index (χ0v) is 16.5. The Bertz CT molecular complexity index is 1200. The molecule has 0 spiro atoms. The number of allylic oxidation sites excluding steroid dienone is 2. The van der Waals surface area contributed by atoms with E-state index in [1.807, 2.05) is 37.4 Å². The lowest BCUT2D eigenvalue weighted by Gasteiger charge is -2.47. The van der Waals surface area contributed by atoms with Crippen molar-refractivity contribution in [1.82, 2.24) is 19.9 Å². The van der Waals surface area contributed by atoms with Gasteiger partial charge in [0.1, 0.15) is 12.4 Å². The smallest absolute Gasteiger partial charge is 0.176 e. The lowest BCUT2D eigenvalue weighted by Crippen LogP contribution is -2.48. The van der Waals surface area contributed by atoms with E-state index in [0.29, 0.717) is 5.82 Å². The molecule has 2 aliphatic rings. The van der Waals surface area contributed by atoms with Crippen LogP contribution in [-0.2, 0) is 16.6 Å². The number of nitrogens with zero attached hydrogens (tertiary/aromatic N) is 5. The lowest BCUT2D eigenvalue weighted by atomic mass is 9.54. The fraction of sp³-hybridized carbons (Fsp3) is 0.250. The summed E-state index contributed by atoms with van der Waals surface area (Å²) in [6.45, 7) is 1.94. The summed E-state index contributed by atoms with van der Waals surface area (Å²) >= 11 is 0. The van der Waals surface area contributed by atoms with E-state index in [-0.39, 0.29) is 23.2 Å². The van der Waals surface area contributed by atoms with Crippen LogP contribution in [0.25, 0.3) is 11.4 Å². The Morgan fingerprint density at radius 2 is 1.90 bits per heavy atom. The highest BCUT2D eigenvalue weighted by molar-refractivity contribution is 6.02. The van der Waals surface area contributed by atoms with E-state index in [0.717, 1.165) is 35.2 Å². The van der Waals surface area contributed by atoms with Gasteiger partial charge in [-0.2, -0.15) is 5.26 Å². The van der Waals surface area contributed by atoms with Gasteiger partial charge in [0.2, 0.25) is 0 Å². The number of ketones is 1. The van der Waals surface area contributed by atoms with Crippen LogP contribution in [0.5, 0.6) is 0 Å². The zero-order chi connectivity index (χ0) is 20.7. The van der Waals surface area contributed by atoms with Crippen molar-refractivity contribution in [2.24, 2.45) is 11.8 Å². The summed E-state index contributed by atoms with van der Waals surface area (Å²) in [7, 11) is 0. The van der Waals surface area contributed by atoms with E-state index in [2.05, 4.69) is 33.2 Å². The van der Waals surface area contributed by atoms with Gasteiger partial charge in [-0.1, -0.05) is 37.3 Å². The molecule has 2 aliphatic carbocycles. The van der Waals surface area contributed by atoms with Crippen molar-refractivity contribution in [1.29, 1.82) is 5.26 Å². The Labute approximate surface area is 174 Å². The number of fused-ring (bicyclic) bond motifs is 3. The molecular formula is C24H19N5O. The molecule has 5 rings (SSSR count). The summed E-state index contributed by atoms with van der Waals surface area (Å²) in [5.74, 6) is 0.216. The highest BCUT2D eigenvalue weighted by Crippen LogP contribution is 2.53. The molecule has 2 aromatic heterocycles. The van der Waals surface area contributed by atoms with Gasteiger partial charge in [-0.25, -0.2) is 19.9 Å². The zero-order valence-electron chi connectivity index (χ0n) is 16.5. The molecular weight excluding hydrogens is 374 g/mol. The van der Waals surface area contributed by atoms with Crippen LogP contribution in [0.3, 0.4) is 0 Å². The number of aromatic nitrogens is 4. The van der Waals surface area contributed by atoms with Crippen molar-refractivity contribution in [3.63, 3.8) is 0 Å². The highest BCUT2D eigenvalue weighted by atomic mass is 16.1. The van der Waals surface area contributed by atoms with E-state index in [1.54, 1.807) is 12.4 Å². The van der Waals surface area contributed by atoms with Crippen LogP contribution in [0.2, 0.25) is 0 Å². The molecule has 30 heavy (non-hydrogen) atoms. The maximum Gasteiger partial charge on any atom is 0.176 e. The Balaban J connectivity index is 1.83. The summed E-state index contributed by atoms with van der Waals surface area (Å²) < 4.78 is 0. The normalized spacial score (nSPS) is 24.9. The predicted molar refractivity (Wildman–Crippen MR) is 110 cm³/mol. The van der Waals surface area contributed by atoms with Gasteiger partial charge in [-0.15, -0.1) is 0 Å². The Hall–Kier alpha value is -3.72. The number of benzene rings is 1. The fourth-order valence-electron chi connectivity index (χ4n) is 5.00. The van der Waals surface area contributed by atoms with Crippen molar-refractivity contribution in [2.45, 2.75) is 25.2 Å². The molecule has 3 atom stereocenters. The standard InChI is InChI=1S/C24H19N5O/c1-15-20-8-7-16-13-28-23(18-11-26-14-27-12-18)29-22(16)24(20,9-17(10-25)21(15)30)19-5-3-2-4-6-19/h2-6,9,11-15,20H,7-8H2,1H3/t15-,20-,24+/m0/s1. The first-order valence-electron chi connectivity index (χ1n) is 9.99. The van der Waals surface area contributed by atoms with Crippen LogP contribution >= 0.6 is 0 Å². The van der Waals surface area contributed by atoms with Crippen molar-refractivity contribution in [3.8, 4) is 17.5 Å².